The van der Waals surface area contributed by atoms with Gasteiger partial charge in [-0.15, -0.1) is 0 Å². The molecule has 5 heteroatoms. The number of ketones is 1. The molecule has 0 aromatic heterocycles. The van der Waals surface area contributed by atoms with Crippen molar-refractivity contribution in [3.63, 3.8) is 0 Å². The monoisotopic (exact) mass is 269 g/mol. The number of hydrogen-bond donors (Lipinski definition) is 1. The van der Waals surface area contributed by atoms with Crippen LogP contribution < -0.4 is 4.72 Å². The van der Waals surface area contributed by atoms with Gasteiger partial charge in [-0.3, -0.25) is 4.79 Å². The number of sulfonamides is 1. The smallest absolute Gasteiger partial charge is 0.240 e. The molecule has 0 atom stereocenters. The predicted octanol–water partition coefficient (Wildman–Crippen LogP) is 1.75. The third kappa shape index (κ3) is 3.65. The van der Waals surface area contributed by atoms with Crippen molar-refractivity contribution in [3.05, 3.63) is 29.8 Å². The second-order valence-electron chi connectivity index (χ2n) is 4.41. The lowest BCUT2D eigenvalue weighted by Crippen LogP contribution is -2.25. The SMILES string of the molecule is CCNS(=O)(=O)c1ccccc1CC(=O)C(C)C. The lowest BCUT2D eigenvalue weighted by molar-refractivity contribution is -0.121. The number of Topliss-reactive ketones (excluding diaryl/α,β-unsaturated/α-hetero) is 1. The topological polar surface area (TPSA) is 63.2 Å². The Morgan fingerprint density at radius 2 is 1.89 bits per heavy atom. The average molecular weight is 269 g/mol. The summed E-state index contributed by atoms with van der Waals surface area (Å²) in [5, 5.41) is 0. The van der Waals surface area contributed by atoms with Gasteiger partial charge in [-0.05, 0) is 11.6 Å². The molecule has 4 nitrogen and oxygen atoms in total. The molecule has 0 spiro atoms. The van der Waals surface area contributed by atoms with E-state index < -0.39 is 10.0 Å². The van der Waals surface area contributed by atoms with Crippen LogP contribution in [0.25, 0.3) is 0 Å². The van der Waals surface area contributed by atoms with Crippen LogP contribution in [0.3, 0.4) is 0 Å². The number of hydrogen-bond acceptors (Lipinski definition) is 3. The van der Waals surface area contributed by atoms with E-state index in [0.717, 1.165) is 0 Å². The van der Waals surface area contributed by atoms with Gasteiger partial charge >= 0.3 is 0 Å². The van der Waals surface area contributed by atoms with Crippen LogP contribution in [0, 0.1) is 5.92 Å². The van der Waals surface area contributed by atoms with Crippen LogP contribution in [0.4, 0.5) is 0 Å². The maximum Gasteiger partial charge on any atom is 0.240 e. The summed E-state index contributed by atoms with van der Waals surface area (Å²) in [6.45, 7) is 5.67. The highest BCUT2D eigenvalue weighted by Gasteiger charge is 2.19. The molecule has 0 aliphatic rings. The molecule has 18 heavy (non-hydrogen) atoms. The fourth-order valence-corrected chi connectivity index (χ4v) is 2.85. The maximum absolute atomic E-state index is 12.0. The zero-order chi connectivity index (χ0) is 13.8. The molecule has 0 amide bonds. The summed E-state index contributed by atoms with van der Waals surface area (Å²) >= 11 is 0. The van der Waals surface area contributed by atoms with Gasteiger partial charge in [0.25, 0.3) is 0 Å². The quantitative estimate of drug-likeness (QED) is 0.855. The van der Waals surface area contributed by atoms with Crippen LogP contribution >= 0.6 is 0 Å². The van der Waals surface area contributed by atoms with Gasteiger partial charge in [0.15, 0.2) is 0 Å². The summed E-state index contributed by atoms with van der Waals surface area (Å²) in [5.41, 5.74) is 0.553. The molecule has 0 heterocycles. The van der Waals surface area contributed by atoms with E-state index in [1.807, 2.05) is 13.8 Å². The zero-order valence-electron chi connectivity index (χ0n) is 10.9. The summed E-state index contributed by atoms with van der Waals surface area (Å²) in [6.07, 6.45) is 0.151. The highest BCUT2D eigenvalue weighted by molar-refractivity contribution is 7.89. The summed E-state index contributed by atoms with van der Waals surface area (Å²) in [7, 11) is -3.51. The van der Waals surface area contributed by atoms with E-state index in [4.69, 9.17) is 0 Å². The van der Waals surface area contributed by atoms with Gasteiger partial charge in [0.2, 0.25) is 10.0 Å². The molecule has 1 aromatic carbocycles. The summed E-state index contributed by atoms with van der Waals surface area (Å²) < 4.78 is 26.4. The first-order valence-corrected chi connectivity index (χ1v) is 7.47. The number of nitrogens with one attached hydrogen (secondary N) is 1. The number of benzene rings is 1. The molecule has 0 aliphatic heterocycles. The number of carbonyl (C=O) groups excluding carboxylic acids is 1. The van der Waals surface area contributed by atoms with Gasteiger partial charge in [-0.25, -0.2) is 13.1 Å². The number of carbonyl (C=O) groups is 1. The van der Waals surface area contributed by atoms with Gasteiger partial charge in [0, 0.05) is 18.9 Å². The minimum Gasteiger partial charge on any atom is -0.299 e. The molecule has 0 radical (unpaired) electrons. The Balaban J connectivity index is 3.11. The zero-order valence-corrected chi connectivity index (χ0v) is 11.8. The molecule has 0 unspecified atom stereocenters. The molecule has 1 aromatic rings. The van der Waals surface area contributed by atoms with E-state index in [9.17, 15) is 13.2 Å². The summed E-state index contributed by atoms with van der Waals surface area (Å²) in [4.78, 5) is 11.9. The second-order valence-corrected chi connectivity index (χ2v) is 6.14. The van der Waals surface area contributed by atoms with Crippen LogP contribution in [-0.2, 0) is 21.2 Å². The maximum atomic E-state index is 12.0. The molecule has 100 valence electrons. The Bertz CT molecular complexity index is 521. The van der Waals surface area contributed by atoms with Crippen molar-refractivity contribution in [3.8, 4) is 0 Å². The minimum absolute atomic E-state index is 0.0362. The molecule has 0 bridgehead atoms. The van der Waals surface area contributed by atoms with Gasteiger partial charge in [0.05, 0.1) is 4.90 Å². The van der Waals surface area contributed by atoms with E-state index in [1.165, 1.54) is 6.07 Å². The Morgan fingerprint density at radius 3 is 2.44 bits per heavy atom. The summed E-state index contributed by atoms with van der Waals surface area (Å²) in [6, 6.07) is 6.62. The molecule has 0 fully saturated rings. The summed E-state index contributed by atoms with van der Waals surface area (Å²) in [5.74, 6) is -0.0611. The van der Waals surface area contributed by atoms with Gasteiger partial charge in [-0.2, -0.15) is 0 Å². The second kappa shape index (κ2) is 6.11. The Kier molecular flexibility index (Phi) is 5.04. The first kappa shape index (κ1) is 14.9. The molecule has 1 N–H and O–H groups in total. The van der Waals surface area contributed by atoms with Crippen molar-refractivity contribution < 1.29 is 13.2 Å². The van der Waals surface area contributed by atoms with Crippen LogP contribution in [0.15, 0.2) is 29.2 Å². The van der Waals surface area contributed by atoms with Crippen LogP contribution in [-0.4, -0.2) is 20.7 Å². The average Bonchev–Trinajstić information content (AvgIpc) is 2.29. The van der Waals surface area contributed by atoms with E-state index in [1.54, 1.807) is 25.1 Å². The Hall–Kier alpha value is -1.20. The highest BCUT2D eigenvalue weighted by Crippen LogP contribution is 2.17. The number of rotatable bonds is 6. The molecule has 0 saturated heterocycles. The Morgan fingerprint density at radius 1 is 1.28 bits per heavy atom. The van der Waals surface area contributed by atoms with Gasteiger partial charge in [0.1, 0.15) is 5.78 Å². The predicted molar refractivity (Wildman–Crippen MR) is 70.9 cm³/mol. The normalized spacial score (nSPS) is 11.8. The lowest BCUT2D eigenvalue weighted by Gasteiger charge is -2.11. The van der Waals surface area contributed by atoms with E-state index >= 15 is 0 Å². The van der Waals surface area contributed by atoms with E-state index in [-0.39, 0.29) is 23.0 Å². The fourth-order valence-electron chi connectivity index (χ4n) is 1.57. The minimum atomic E-state index is -3.51. The molecule has 0 saturated carbocycles. The van der Waals surface area contributed by atoms with Crippen LogP contribution in [0.2, 0.25) is 0 Å². The van der Waals surface area contributed by atoms with Crippen molar-refractivity contribution in [2.24, 2.45) is 5.92 Å². The third-order valence-electron chi connectivity index (χ3n) is 2.61. The van der Waals surface area contributed by atoms with Crippen molar-refractivity contribution in [2.75, 3.05) is 6.54 Å². The first-order chi connectivity index (χ1) is 8.38. The van der Waals surface area contributed by atoms with Crippen molar-refractivity contribution in [2.45, 2.75) is 32.1 Å². The van der Waals surface area contributed by atoms with Crippen molar-refractivity contribution in [1.29, 1.82) is 0 Å². The van der Waals surface area contributed by atoms with Crippen molar-refractivity contribution in [1.82, 2.24) is 4.72 Å². The largest absolute Gasteiger partial charge is 0.299 e. The lowest BCUT2D eigenvalue weighted by atomic mass is 10.0. The standard InChI is InChI=1S/C13H19NO3S/c1-4-14-18(16,17)13-8-6-5-7-11(13)9-12(15)10(2)3/h5-8,10,14H,4,9H2,1-3H3. The van der Waals surface area contributed by atoms with Crippen LogP contribution in [0.5, 0.6) is 0 Å². The molecule has 0 aliphatic carbocycles. The molecule has 1 rings (SSSR count). The van der Waals surface area contributed by atoms with Crippen LogP contribution in [0.1, 0.15) is 26.3 Å². The van der Waals surface area contributed by atoms with E-state index in [2.05, 4.69) is 4.72 Å². The first-order valence-electron chi connectivity index (χ1n) is 5.98. The third-order valence-corrected chi connectivity index (χ3v) is 4.25. The Labute approximate surface area is 108 Å². The van der Waals surface area contributed by atoms with Gasteiger partial charge in [-0.1, -0.05) is 39.0 Å². The molecular weight excluding hydrogens is 250 g/mol. The highest BCUT2D eigenvalue weighted by atomic mass is 32.2. The van der Waals surface area contributed by atoms with Crippen molar-refractivity contribution >= 4 is 15.8 Å². The fraction of sp³-hybridized carbons (Fsp3) is 0.462. The van der Waals surface area contributed by atoms with E-state index in [0.29, 0.717) is 12.1 Å². The van der Waals surface area contributed by atoms with Gasteiger partial charge < -0.3 is 0 Å². The molecular formula is C13H19NO3S.